The van der Waals surface area contributed by atoms with Gasteiger partial charge in [0, 0.05) is 17.5 Å². The number of aliphatic carboxylic acids is 1. The highest BCUT2D eigenvalue weighted by Crippen LogP contribution is 2.25. The number of hydrogen-bond donors (Lipinski definition) is 1. The SMILES string of the molecule is CCCC(OC(=S)c1ccccc1)(OC(=S)c1ccccc1)C(=O)O. The zero-order chi connectivity index (χ0) is 18.3. The smallest absolute Gasteiger partial charge is 0.390 e. The van der Waals surface area contributed by atoms with Crippen LogP contribution in [-0.4, -0.2) is 27.0 Å². The average molecular weight is 374 g/mol. The first kappa shape index (κ1) is 19.0. The summed E-state index contributed by atoms with van der Waals surface area (Å²) in [5, 5.41) is 9.87. The molecule has 0 aliphatic rings. The number of carbonyl (C=O) groups is 1. The Labute approximate surface area is 157 Å². The third-order valence-electron chi connectivity index (χ3n) is 3.44. The van der Waals surface area contributed by atoms with E-state index in [9.17, 15) is 9.90 Å². The third kappa shape index (κ3) is 4.84. The summed E-state index contributed by atoms with van der Waals surface area (Å²) in [6.07, 6.45) is 0.614. The van der Waals surface area contributed by atoms with E-state index in [1.165, 1.54) is 0 Å². The lowest BCUT2D eigenvalue weighted by Gasteiger charge is -2.30. The first-order chi connectivity index (χ1) is 12.0. The van der Waals surface area contributed by atoms with Gasteiger partial charge in [0.15, 0.2) is 10.1 Å². The van der Waals surface area contributed by atoms with Gasteiger partial charge in [0.05, 0.1) is 0 Å². The van der Waals surface area contributed by atoms with Crippen molar-refractivity contribution in [1.82, 2.24) is 0 Å². The van der Waals surface area contributed by atoms with Crippen molar-refractivity contribution in [1.29, 1.82) is 0 Å². The van der Waals surface area contributed by atoms with Crippen LogP contribution in [0.5, 0.6) is 0 Å². The van der Waals surface area contributed by atoms with Crippen molar-refractivity contribution in [3.8, 4) is 0 Å². The highest BCUT2D eigenvalue weighted by Gasteiger charge is 2.45. The van der Waals surface area contributed by atoms with Crippen LogP contribution < -0.4 is 0 Å². The summed E-state index contributed by atoms with van der Waals surface area (Å²) in [6.45, 7) is 1.83. The molecule has 0 aromatic heterocycles. The largest absolute Gasteiger partial charge is 0.475 e. The number of carboxylic acid groups (broad SMARTS) is 1. The van der Waals surface area contributed by atoms with Crippen LogP contribution in [0, 0.1) is 0 Å². The van der Waals surface area contributed by atoms with Gasteiger partial charge in [-0.15, -0.1) is 0 Å². The highest BCUT2D eigenvalue weighted by molar-refractivity contribution is 7.80. The zero-order valence-electron chi connectivity index (χ0n) is 13.7. The molecule has 0 spiro atoms. The van der Waals surface area contributed by atoms with E-state index in [0.29, 0.717) is 17.5 Å². The molecule has 0 saturated heterocycles. The lowest BCUT2D eigenvalue weighted by molar-refractivity contribution is -0.193. The molecule has 0 heterocycles. The van der Waals surface area contributed by atoms with Crippen molar-refractivity contribution >= 4 is 40.5 Å². The molecule has 0 radical (unpaired) electrons. The fourth-order valence-corrected chi connectivity index (χ4v) is 2.75. The molecule has 0 aliphatic carbocycles. The van der Waals surface area contributed by atoms with E-state index in [-0.39, 0.29) is 16.5 Å². The van der Waals surface area contributed by atoms with Crippen molar-refractivity contribution in [2.75, 3.05) is 0 Å². The van der Waals surface area contributed by atoms with Gasteiger partial charge in [-0.05, 0) is 30.9 Å². The number of ether oxygens (including phenoxy) is 2. The van der Waals surface area contributed by atoms with E-state index < -0.39 is 11.8 Å². The van der Waals surface area contributed by atoms with Crippen molar-refractivity contribution in [2.24, 2.45) is 0 Å². The fourth-order valence-electron chi connectivity index (χ4n) is 2.21. The molecule has 2 aromatic carbocycles. The van der Waals surface area contributed by atoms with Gasteiger partial charge in [0.25, 0.3) is 0 Å². The van der Waals surface area contributed by atoms with Gasteiger partial charge in [-0.25, -0.2) is 4.79 Å². The van der Waals surface area contributed by atoms with Gasteiger partial charge in [-0.1, -0.05) is 67.6 Å². The summed E-state index contributed by atoms with van der Waals surface area (Å²) in [5.74, 6) is -3.24. The molecule has 0 amide bonds. The minimum Gasteiger partial charge on any atom is -0.475 e. The van der Waals surface area contributed by atoms with E-state index in [2.05, 4.69) is 0 Å². The van der Waals surface area contributed by atoms with Gasteiger partial charge in [0.2, 0.25) is 0 Å². The van der Waals surface area contributed by atoms with Crippen LogP contribution in [0.3, 0.4) is 0 Å². The second-order valence-corrected chi connectivity index (χ2v) is 6.06. The summed E-state index contributed by atoms with van der Waals surface area (Å²) in [4.78, 5) is 12.0. The zero-order valence-corrected chi connectivity index (χ0v) is 15.3. The van der Waals surface area contributed by atoms with Gasteiger partial charge >= 0.3 is 11.8 Å². The molecule has 0 saturated carbocycles. The van der Waals surface area contributed by atoms with Crippen LogP contribution in [0.15, 0.2) is 60.7 Å². The molecular formula is C19H18O4S2. The maximum atomic E-state index is 12.0. The number of benzene rings is 2. The standard InChI is InChI=1S/C19H18O4S2/c1-2-13-19(18(20)21,22-16(24)14-9-5-3-6-10-14)23-17(25)15-11-7-4-8-12-15/h3-12H,2,13H2,1H3,(H,20,21). The average Bonchev–Trinajstić information content (AvgIpc) is 2.63. The van der Waals surface area contributed by atoms with E-state index in [1.54, 1.807) is 48.5 Å². The minimum atomic E-state index is -1.96. The Kier molecular flexibility index (Phi) is 6.61. The van der Waals surface area contributed by atoms with Crippen molar-refractivity contribution < 1.29 is 19.4 Å². The highest BCUT2D eigenvalue weighted by atomic mass is 32.1. The van der Waals surface area contributed by atoms with Gasteiger partial charge < -0.3 is 14.6 Å². The maximum absolute atomic E-state index is 12.0. The van der Waals surface area contributed by atoms with E-state index in [4.69, 9.17) is 33.9 Å². The molecule has 130 valence electrons. The van der Waals surface area contributed by atoms with Crippen molar-refractivity contribution in [3.05, 3.63) is 71.8 Å². The van der Waals surface area contributed by atoms with E-state index in [1.807, 2.05) is 19.1 Å². The number of carboxylic acids is 1. The summed E-state index contributed by atoms with van der Waals surface area (Å²) < 4.78 is 11.3. The van der Waals surface area contributed by atoms with Crippen molar-refractivity contribution in [3.63, 3.8) is 0 Å². The van der Waals surface area contributed by atoms with E-state index in [0.717, 1.165) is 0 Å². The topological polar surface area (TPSA) is 55.8 Å². The first-order valence-electron chi connectivity index (χ1n) is 7.78. The Bertz CT molecular complexity index is 691. The molecule has 1 N–H and O–H groups in total. The quantitative estimate of drug-likeness (QED) is 0.574. The Morgan fingerprint density at radius 2 is 1.32 bits per heavy atom. The van der Waals surface area contributed by atoms with Crippen LogP contribution >= 0.6 is 24.4 Å². The van der Waals surface area contributed by atoms with Crippen LogP contribution in [0.2, 0.25) is 0 Å². The molecule has 25 heavy (non-hydrogen) atoms. The Morgan fingerprint density at radius 3 is 1.64 bits per heavy atom. The number of rotatable bonds is 7. The molecule has 2 rings (SSSR count). The first-order valence-corrected chi connectivity index (χ1v) is 8.60. The summed E-state index contributed by atoms with van der Waals surface area (Å²) in [7, 11) is 0. The lowest BCUT2D eigenvalue weighted by Crippen LogP contribution is -2.47. The Morgan fingerprint density at radius 1 is 0.920 bits per heavy atom. The molecular weight excluding hydrogens is 356 g/mol. The summed E-state index contributed by atoms with van der Waals surface area (Å²) in [6, 6.07) is 17.8. The molecule has 0 unspecified atom stereocenters. The minimum absolute atomic E-state index is 0.0484. The molecule has 0 bridgehead atoms. The summed E-state index contributed by atoms with van der Waals surface area (Å²) >= 11 is 10.5. The Hall–Kier alpha value is -2.31. The molecule has 0 atom stereocenters. The summed E-state index contributed by atoms with van der Waals surface area (Å²) in [5.41, 5.74) is 1.21. The van der Waals surface area contributed by atoms with Crippen LogP contribution in [0.1, 0.15) is 30.9 Å². The van der Waals surface area contributed by atoms with E-state index >= 15 is 0 Å². The Balaban J connectivity index is 2.29. The molecule has 6 heteroatoms. The second kappa shape index (κ2) is 8.69. The molecule has 4 nitrogen and oxygen atoms in total. The second-order valence-electron chi connectivity index (χ2n) is 5.32. The van der Waals surface area contributed by atoms with Gasteiger partial charge in [0.1, 0.15) is 0 Å². The predicted molar refractivity (Wildman–Crippen MR) is 104 cm³/mol. The van der Waals surface area contributed by atoms with Gasteiger partial charge in [-0.2, -0.15) is 0 Å². The molecule has 0 aliphatic heterocycles. The molecule has 2 aromatic rings. The lowest BCUT2D eigenvalue weighted by atomic mass is 10.1. The van der Waals surface area contributed by atoms with Crippen LogP contribution in [0.25, 0.3) is 0 Å². The number of thiocarbonyl (C=S) groups is 2. The predicted octanol–water partition coefficient (Wildman–Crippen LogP) is 4.35. The monoisotopic (exact) mass is 374 g/mol. The third-order valence-corrected chi connectivity index (χ3v) is 4.08. The fraction of sp³-hybridized carbons (Fsp3) is 0.211. The van der Waals surface area contributed by atoms with Crippen LogP contribution in [-0.2, 0) is 14.3 Å². The van der Waals surface area contributed by atoms with Crippen molar-refractivity contribution in [2.45, 2.75) is 25.6 Å². The van der Waals surface area contributed by atoms with Crippen LogP contribution in [0.4, 0.5) is 0 Å². The van der Waals surface area contributed by atoms with Gasteiger partial charge in [-0.3, -0.25) is 0 Å². The molecule has 0 fully saturated rings. The maximum Gasteiger partial charge on any atom is 0.390 e. The number of hydrogen-bond acceptors (Lipinski definition) is 5. The normalized spacial score (nSPS) is 10.8.